The van der Waals surface area contributed by atoms with Crippen LogP contribution >= 0.6 is 0 Å². The minimum atomic E-state index is -0.828. The van der Waals surface area contributed by atoms with Gasteiger partial charge in [-0.05, 0) is 38.0 Å². The lowest BCUT2D eigenvalue weighted by molar-refractivity contribution is -0.136. The third-order valence-electron chi connectivity index (χ3n) is 9.63. The Hall–Kier alpha value is -2.58. The predicted molar refractivity (Wildman–Crippen MR) is 199 cm³/mol. The van der Waals surface area contributed by atoms with E-state index in [1.807, 2.05) is 41.5 Å². The minimum absolute atomic E-state index is 0.0495. The molecule has 0 aliphatic carbocycles. The van der Waals surface area contributed by atoms with Gasteiger partial charge in [0.1, 0.15) is 0 Å². The Labute approximate surface area is 299 Å². The average molecular weight is 692 g/mol. The molecule has 0 fully saturated rings. The molecule has 0 aromatic heterocycles. The molecule has 0 radical (unpaired) electrons. The van der Waals surface area contributed by atoms with E-state index in [0.29, 0.717) is 6.42 Å². The van der Waals surface area contributed by atoms with Gasteiger partial charge in [0.05, 0.1) is 18.1 Å². The summed E-state index contributed by atoms with van der Waals surface area (Å²) in [4.78, 5) is 77.1. The maximum atomic E-state index is 13.5. The lowest BCUT2D eigenvalue weighted by Gasteiger charge is -2.28. The molecule has 5 atom stereocenters. The Balaban J connectivity index is 4.93. The van der Waals surface area contributed by atoms with Gasteiger partial charge >= 0.3 is 0 Å². The number of rotatable bonds is 29. The molecule has 3 amide bonds. The van der Waals surface area contributed by atoms with Gasteiger partial charge in [-0.2, -0.15) is 0 Å². The molecule has 9 heteroatoms. The third kappa shape index (κ3) is 20.6. The summed E-state index contributed by atoms with van der Waals surface area (Å²) in [6, 6.07) is -2.17. The molecule has 0 aromatic carbocycles. The van der Waals surface area contributed by atoms with Crippen molar-refractivity contribution in [3.63, 3.8) is 0 Å². The van der Waals surface area contributed by atoms with Crippen molar-refractivity contribution in [3.8, 4) is 0 Å². The van der Waals surface area contributed by atoms with Crippen LogP contribution in [0.3, 0.4) is 0 Å². The standard InChI is InChI=1S/C40H73N3O6/c1-11-12-13-14-15-16-17-18-19-20-21-22-23-24-36(47)42-37(28(4)5)35(46)26-33(27(2)3)40(49)43-38(29(6)7)34(45)25-30(8)39(48)41-31(9)32(10)44/h27-31,33,37-38H,11-26H2,1-10H3,(H,41,48)(H,42,47)(H,43,49)/t30-,31+,33+,37+,38+/m1/s1. The van der Waals surface area contributed by atoms with Gasteiger partial charge in [0.15, 0.2) is 17.3 Å². The highest BCUT2D eigenvalue weighted by molar-refractivity contribution is 5.96. The number of unbranched alkanes of at least 4 members (excludes halogenated alkanes) is 12. The zero-order valence-electron chi connectivity index (χ0n) is 32.9. The van der Waals surface area contributed by atoms with Gasteiger partial charge in [-0.15, -0.1) is 0 Å². The van der Waals surface area contributed by atoms with Crippen molar-refractivity contribution in [3.05, 3.63) is 0 Å². The number of hydrogen-bond acceptors (Lipinski definition) is 6. The van der Waals surface area contributed by atoms with Crippen LogP contribution in [0.5, 0.6) is 0 Å². The first kappa shape index (κ1) is 46.4. The first-order valence-electron chi connectivity index (χ1n) is 19.5. The normalized spacial score (nSPS) is 14.6. The van der Waals surface area contributed by atoms with Crippen molar-refractivity contribution < 1.29 is 28.8 Å². The summed E-state index contributed by atoms with van der Waals surface area (Å²) in [5.41, 5.74) is 0. The van der Waals surface area contributed by atoms with Gasteiger partial charge in [0.25, 0.3) is 0 Å². The van der Waals surface area contributed by atoms with Gasteiger partial charge in [-0.3, -0.25) is 28.8 Å². The molecule has 0 bridgehead atoms. The van der Waals surface area contributed by atoms with E-state index in [4.69, 9.17) is 0 Å². The highest BCUT2D eigenvalue weighted by Gasteiger charge is 2.34. The number of carbonyl (C=O) groups is 6. The van der Waals surface area contributed by atoms with E-state index in [1.54, 1.807) is 13.8 Å². The van der Waals surface area contributed by atoms with Crippen LogP contribution in [0.4, 0.5) is 0 Å². The first-order chi connectivity index (χ1) is 23.0. The van der Waals surface area contributed by atoms with Crippen molar-refractivity contribution in [2.75, 3.05) is 0 Å². The summed E-state index contributed by atoms with van der Waals surface area (Å²) in [6.07, 6.45) is 16.3. The van der Waals surface area contributed by atoms with Gasteiger partial charge < -0.3 is 16.0 Å². The van der Waals surface area contributed by atoms with Gasteiger partial charge in [-0.1, -0.05) is 132 Å². The van der Waals surface area contributed by atoms with E-state index in [1.165, 1.54) is 71.1 Å². The van der Waals surface area contributed by atoms with Crippen LogP contribution in [-0.4, -0.2) is 53.2 Å². The van der Waals surface area contributed by atoms with Gasteiger partial charge in [0.2, 0.25) is 17.7 Å². The number of Topliss-reactive ketones (excluding diaryl/α,β-unsaturated/α-hetero) is 3. The van der Waals surface area contributed by atoms with Crippen LogP contribution in [0.15, 0.2) is 0 Å². The Morgan fingerprint density at radius 3 is 1.35 bits per heavy atom. The van der Waals surface area contributed by atoms with Gasteiger partial charge in [-0.25, -0.2) is 0 Å². The molecular weight excluding hydrogens is 618 g/mol. The summed E-state index contributed by atoms with van der Waals surface area (Å²) < 4.78 is 0. The number of ketones is 3. The van der Waals surface area contributed by atoms with Crippen molar-refractivity contribution in [1.82, 2.24) is 16.0 Å². The maximum absolute atomic E-state index is 13.5. The average Bonchev–Trinajstić information content (AvgIpc) is 3.02. The van der Waals surface area contributed by atoms with Crippen LogP contribution < -0.4 is 16.0 Å². The molecule has 0 aliphatic heterocycles. The highest BCUT2D eigenvalue weighted by atomic mass is 16.2. The molecule has 0 saturated heterocycles. The topological polar surface area (TPSA) is 139 Å². The molecule has 0 heterocycles. The van der Waals surface area contributed by atoms with E-state index in [2.05, 4.69) is 22.9 Å². The second-order valence-electron chi connectivity index (χ2n) is 15.4. The number of carbonyl (C=O) groups excluding carboxylic acids is 6. The lowest BCUT2D eigenvalue weighted by Crippen LogP contribution is -2.50. The quantitative estimate of drug-likeness (QED) is 0.0689. The molecule has 0 rings (SSSR count). The van der Waals surface area contributed by atoms with Crippen molar-refractivity contribution >= 4 is 35.1 Å². The summed E-state index contributed by atoms with van der Waals surface area (Å²) in [5.74, 6) is -3.49. The molecule has 49 heavy (non-hydrogen) atoms. The lowest BCUT2D eigenvalue weighted by atomic mass is 9.85. The maximum Gasteiger partial charge on any atom is 0.224 e. The molecule has 0 aliphatic rings. The highest BCUT2D eigenvalue weighted by Crippen LogP contribution is 2.21. The Kier molecular flexibility index (Phi) is 24.9. The summed E-state index contributed by atoms with van der Waals surface area (Å²) >= 11 is 0. The fourth-order valence-electron chi connectivity index (χ4n) is 6.00. The summed E-state index contributed by atoms with van der Waals surface area (Å²) in [6.45, 7) is 18.0. The van der Waals surface area contributed by atoms with Crippen LogP contribution in [0.1, 0.15) is 172 Å². The molecule has 9 nitrogen and oxygen atoms in total. The summed E-state index contributed by atoms with van der Waals surface area (Å²) in [5, 5.41) is 8.43. The molecule has 3 N–H and O–H groups in total. The SMILES string of the molecule is CCCCCCCCCCCCCCCC(=O)N[C@H](C(=O)C[C@H](C(=O)N[C@H](C(=O)C[C@@H](C)C(=O)N[C@@H](C)C(C)=O)C(C)C)C(C)C)C(C)C. The Morgan fingerprint density at radius 2 is 0.918 bits per heavy atom. The monoisotopic (exact) mass is 692 g/mol. The van der Waals surface area contributed by atoms with E-state index in [9.17, 15) is 28.8 Å². The zero-order chi connectivity index (χ0) is 37.5. The van der Waals surface area contributed by atoms with Crippen LogP contribution in [0.2, 0.25) is 0 Å². The smallest absolute Gasteiger partial charge is 0.224 e. The number of amides is 3. The second kappa shape index (κ2) is 26.3. The Morgan fingerprint density at radius 1 is 0.490 bits per heavy atom. The summed E-state index contributed by atoms with van der Waals surface area (Å²) in [7, 11) is 0. The minimum Gasteiger partial charge on any atom is -0.346 e. The fourth-order valence-corrected chi connectivity index (χ4v) is 6.00. The molecule has 0 spiro atoms. The fraction of sp³-hybridized carbons (Fsp3) is 0.850. The van der Waals surface area contributed by atoms with Crippen molar-refractivity contribution in [2.24, 2.45) is 29.6 Å². The van der Waals surface area contributed by atoms with Crippen LogP contribution in [0, 0.1) is 29.6 Å². The van der Waals surface area contributed by atoms with E-state index in [-0.39, 0.29) is 53.9 Å². The van der Waals surface area contributed by atoms with E-state index < -0.39 is 41.8 Å². The Bertz CT molecular complexity index is 1010. The van der Waals surface area contributed by atoms with E-state index >= 15 is 0 Å². The third-order valence-corrected chi connectivity index (χ3v) is 9.63. The molecular formula is C40H73N3O6. The van der Waals surface area contributed by atoms with Crippen molar-refractivity contribution in [2.45, 2.75) is 190 Å². The van der Waals surface area contributed by atoms with Crippen LogP contribution in [-0.2, 0) is 28.8 Å². The largest absolute Gasteiger partial charge is 0.346 e. The van der Waals surface area contributed by atoms with E-state index in [0.717, 1.165) is 19.3 Å². The molecule has 0 aromatic rings. The molecule has 0 unspecified atom stereocenters. The number of nitrogens with one attached hydrogen (secondary N) is 3. The van der Waals surface area contributed by atoms with Crippen molar-refractivity contribution in [1.29, 1.82) is 0 Å². The molecule has 0 saturated carbocycles. The zero-order valence-corrected chi connectivity index (χ0v) is 32.9. The second-order valence-corrected chi connectivity index (χ2v) is 15.4. The van der Waals surface area contributed by atoms with Crippen LogP contribution in [0.25, 0.3) is 0 Å². The predicted octanol–water partition coefficient (Wildman–Crippen LogP) is 7.67. The first-order valence-corrected chi connectivity index (χ1v) is 19.5. The van der Waals surface area contributed by atoms with Gasteiger partial charge in [0, 0.05) is 31.1 Å². The molecule has 284 valence electrons. The number of hydrogen-bond donors (Lipinski definition) is 3.